The minimum atomic E-state index is -0.547. The van der Waals surface area contributed by atoms with Crippen LogP contribution in [-0.2, 0) is 4.74 Å². The van der Waals surface area contributed by atoms with E-state index < -0.39 is 11.5 Å². The molecule has 5 nitrogen and oxygen atoms in total. The van der Waals surface area contributed by atoms with Gasteiger partial charge in [0.05, 0.1) is 17.9 Å². The van der Waals surface area contributed by atoms with Crippen molar-refractivity contribution in [1.29, 1.82) is 0 Å². The van der Waals surface area contributed by atoms with Gasteiger partial charge in [-0.3, -0.25) is 9.36 Å². The van der Waals surface area contributed by atoms with Crippen LogP contribution in [0.5, 0.6) is 0 Å². The average Bonchev–Trinajstić information content (AvgIpc) is 2.82. The zero-order chi connectivity index (χ0) is 23.5. The largest absolute Gasteiger partial charge is 0.462 e. The summed E-state index contributed by atoms with van der Waals surface area (Å²) in [6.45, 7) is 3.91. The van der Waals surface area contributed by atoms with Crippen LogP contribution in [0.1, 0.15) is 22.8 Å². The van der Waals surface area contributed by atoms with Gasteiger partial charge >= 0.3 is 5.97 Å². The van der Waals surface area contributed by atoms with Gasteiger partial charge in [0.15, 0.2) is 0 Å². The van der Waals surface area contributed by atoms with Crippen molar-refractivity contribution in [3.63, 3.8) is 0 Å². The molecule has 0 radical (unpaired) electrons. The first-order chi connectivity index (χ1) is 15.9. The van der Waals surface area contributed by atoms with Crippen LogP contribution in [0.2, 0.25) is 0 Å². The lowest BCUT2D eigenvalue weighted by atomic mass is 9.93. The highest BCUT2D eigenvalue weighted by Gasteiger charge is 2.29. The standard InChI is InChI=1S/C27H23BrN2O3/c1-3-33-27(32)23-22(20-11-7-8-12-21(20)28)24(29)26(31)30(19-15-13-17(2)14-16-19)25(23)18-9-5-4-6-10-18/h4-16H,3,29H2,1-2H3. The number of aromatic nitrogens is 1. The summed E-state index contributed by atoms with van der Waals surface area (Å²) in [7, 11) is 0. The number of nitrogens with zero attached hydrogens (tertiary/aromatic N) is 1. The average molecular weight is 503 g/mol. The Morgan fingerprint density at radius 2 is 1.61 bits per heavy atom. The highest BCUT2D eigenvalue weighted by Crippen LogP contribution is 2.39. The third-order valence-electron chi connectivity index (χ3n) is 5.38. The molecular formula is C27H23BrN2O3. The van der Waals surface area contributed by atoms with E-state index in [1.807, 2.05) is 85.8 Å². The monoisotopic (exact) mass is 502 g/mol. The summed E-state index contributed by atoms with van der Waals surface area (Å²) in [5, 5.41) is 0. The fraction of sp³-hybridized carbons (Fsp3) is 0.111. The number of pyridine rings is 1. The van der Waals surface area contributed by atoms with E-state index in [2.05, 4.69) is 15.9 Å². The molecule has 0 aliphatic heterocycles. The molecule has 0 spiro atoms. The molecular weight excluding hydrogens is 480 g/mol. The molecule has 166 valence electrons. The first-order valence-corrected chi connectivity index (χ1v) is 11.4. The Kier molecular flexibility index (Phi) is 6.47. The molecule has 4 aromatic rings. The number of carbonyl (C=O) groups is 1. The van der Waals surface area contributed by atoms with Gasteiger partial charge in [-0.25, -0.2) is 4.79 Å². The van der Waals surface area contributed by atoms with Crippen molar-refractivity contribution in [3.05, 3.63) is 105 Å². The number of nitrogen functional groups attached to an aromatic ring is 1. The Labute approximate surface area is 200 Å². The summed E-state index contributed by atoms with van der Waals surface area (Å²) in [5.74, 6) is -0.547. The van der Waals surface area contributed by atoms with E-state index in [0.717, 1.165) is 5.56 Å². The van der Waals surface area contributed by atoms with Gasteiger partial charge in [-0.2, -0.15) is 0 Å². The predicted molar refractivity (Wildman–Crippen MR) is 136 cm³/mol. The first-order valence-electron chi connectivity index (χ1n) is 10.6. The number of aryl methyl sites for hydroxylation is 1. The zero-order valence-corrected chi connectivity index (χ0v) is 19.9. The lowest BCUT2D eigenvalue weighted by Gasteiger charge is -2.22. The molecule has 0 amide bonds. The minimum absolute atomic E-state index is 0.0230. The second-order valence-electron chi connectivity index (χ2n) is 7.55. The number of anilines is 1. The second-order valence-corrected chi connectivity index (χ2v) is 8.41. The Morgan fingerprint density at radius 1 is 0.970 bits per heavy atom. The second kappa shape index (κ2) is 9.46. The van der Waals surface area contributed by atoms with E-state index in [-0.39, 0.29) is 17.9 Å². The quantitative estimate of drug-likeness (QED) is 0.339. The molecule has 0 saturated carbocycles. The fourth-order valence-electron chi connectivity index (χ4n) is 3.85. The summed E-state index contributed by atoms with van der Waals surface area (Å²) in [6.07, 6.45) is 0. The number of rotatable bonds is 5. The van der Waals surface area contributed by atoms with Crippen LogP contribution in [0.15, 0.2) is 88.1 Å². The zero-order valence-electron chi connectivity index (χ0n) is 18.3. The molecule has 0 saturated heterocycles. The maximum atomic E-state index is 13.8. The van der Waals surface area contributed by atoms with Crippen LogP contribution >= 0.6 is 15.9 Å². The maximum Gasteiger partial charge on any atom is 0.341 e. The summed E-state index contributed by atoms with van der Waals surface area (Å²) in [5.41, 5.74) is 10.1. The molecule has 0 unspecified atom stereocenters. The van der Waals surface area contributed by atoms with E-state index in [1.54, 1.807) is 6.92 Å². The van der Waals surface area contributed by atoms with Gasteiger partial charge in [0, 0.05) is 15.7 Å². The van der Waals surface area contributed by atoms with Gasteiger partial charge in [-0.1, -0.05) is 82.2 Å². The highest BCUT2D eigenvalue weighted by atomic mass is 79.9. The number of hydrogen-bond acceptors (Lipinski definition) is 4. The van der Waals surface area contributed by atoms with Crippen molar-refractivity contribution in [2.45, 2.75) is 13.8 Å². The number of halogens is 1. The Hall–Kier alpha value is -3.64. The van der Waals surface area contributed by atoms with Crippen LogP contribution in [0.25, 0.3) is 28.1 Å². The number of carbonyl (C=O) groups excluding carboxylic acids is 1. The number of esters is 1. The first kappa shape index (κ1) is 22.6. The van der Waals surface area contributed by atoms with Gasteiger partial charge in [-0.05, 0) is 43.2 Å². The summed E-state index contributed by atoms with van der Waals surface area (Å²) in [6, 6.07) is 24.2. The van der Waals surface area contributed by atoms with Crippen LogP contribution in [-0.4, -0.2) is 17.1 Å². The van der Waals surface area contributed by atoms with Crippen molar-refractivity contribution in [2.75, 3.05) is 12.3 Å². The molecule has 0 fully saturated rings. The molecule has 6 heteroatoms. The molecule has 0 bridgehead atoms. The van der Waals surface area contributed by atoms with Crippen molar-refractivity contribution >= 4 is 27.6 Å². The molecule has 3 aromatic carbocycles. The molecule has 0 aliphatic rings. The van der Waals surface area contributed by atoms with Gasteiger partial charge < -0.3 is 10.5 Å². The van der Waals surface area contributed by atoms with Crippen molar-refractivity contribution in [1.82, 2.24) is 4.57 Å². The van der Waals surface area contributed by atoms with E-state index in [9.17, 15) is 9.59 Å². The molecule has 33 heavy (non-hydrogen) atoms. The molecule has 1 heterocycles. The predicted octanol–water partition coefficient (Wildman–Crippen LogP) is 6.00. The summed E-state index contributed by atoms with van der Waals surface area (Å²) < 4.78 is 7.68. The van der Waals surface area contributed by atoms with Gasteiger partial charge in [-0.15, -0.1) is 0 Å². The van der Waals surface area contributed by atoms with Crippen LogP contribution in [0, 0.1) is 6.92 Å². The Bertz CT molecular complexity index is 1380. The van der Waals surface area contributed by atoms with E-state index in [0.29, 0.717) is 32.5 Å². The van der Waals surface area contributed by atoms with Crippen LogP contribution in [0.4, 0.5) is 5.69 Å². The molecule has 4 rings (SSSR count). The molecule has 0 atom stereocenters. The lowest BCUT2D eigenvalue weighted by Crippen LogP contribution is -2.28. The van der Waals surface area contributed by atoms with Gasteiger partial charge in [0.2, 0.25) is 0 Å². The van der Waals surface area contributed by atoms with E-state index in [1.165, 1.54) is 4.57 Å². The Morgan fingerprint density at radius 3 is 2.24 bits per heavy atom. The smallest absolute Gasteiger partial charge is 0.341 e. The summed E-state index contributed by atoms with van der Waals surface area (Å²) >= 11 is 3.55. The van der Waals surface area contributed by atoms with Gasteiger partial charge in [0.1, 0.15) is 5.69 Å². The van der Waals surface area contributed by atoms with Crippen molar-refractivity contribution in [3.8, 4) is 28.1 Å². The van der Waals surface area contributed by atoms with E-state index >= 15 is 0 Å². The third kappa shape index (κ3) is 4.22. The minimum Gasteiger partial charge on any atom is -0.462 e. The molecule has 0 aliphatic carbocycles. The highest BCUT2D eigenvalue weighted by molar-refractivity contribution is 9.10. The fourth-order valence-corrected chi connectivity index (χ4v) is 4.33. The number of ether oxygens (including phenoxy) is 1. The number of nitrogens with two attached hydrogens (primary N) is 1. The summed E-state index contributed by atoms with van der Waals surface area (Å²) in [4.78, 5) is 27.2. The molecule has 1 aromatic heterocycles. The number of hydrogen-bond donors (Lipinski definition) is 1. The third-order valence-corrected chi connectivity index (χ3v) is 6.07. The lowest BCUT2D eigenvalue weighted by molar-refractivity contribution is 0.0527. The van der Waals surface area contributed by atoms with E-state index in [4.69, 9.17) is 10.5 Å². The SMILES string of the molecule is CCOC(=O)c1c(-c2ccccc2Br)c(N)c(=O)n(-c2ccc(C)cc2)c1-c1ccccc1. The topological polar surface area (TPSA) is 74.3 Å². The Balaban J connectivity index is 2.23. The van der Waals surface area contributed by atoms with Crippen molar-refractivity contribution in [2.24, 2.45) is 0 Å². The van der Waals surface area contributed by atoms with Crippen LogP contribution in [0.3, 0.4) is 0 Å². The van der Waals surface area contributed by atoms with Crippen LogP contribution < -0.4 is 11.3 Å². The number of benzene rings is 3. The maximum absolute atomic E-state index is 13.8. The normalized spacial score (nSPS) is 10.8. The molecule has 2 N–H and O–H groups in total. The van der Waals surface area contributed by atoms with Crippen molar-refractivity contribution < 1.29 is 9.53 Å². The van der Waals surface area contributed by atoms with Gasteiger partial charge in [0.25, 0.3) is 5.56 Å².